The van der Waals surface area contributed by atoms with Gasteiger partial charge in [-0.1, -0.05) is 11.6 Å². The van der Waals surface area contributed by atoms with E-state index in [-0.39, 0.29) is 4.90 Å². The summed E-state index contributed by atoms with van der Waals surface area (Å²) < 4.78 is 26.0. The lowest BCUT2D eigenvalue weighted by Gasteiger charge is -2.13. The van der Waals surface area contributed by atoms with Gasteiger partial charge in [-0.25, -0.2) is 13.1 Å². The summed E-state index contributed by atoms with van der Waals surface area (Å²) in [6, 6.07) is 0. The Balaban J connectivity index is 1.84. The molecule has 17 heavy (non-hydrogen) atoms. The minimum absolute atomic E-state index is 0.178. The zero-order valence-electron chi connectivity index (χ0n) is 9.44. The Labute approximate surface area is 101 Å². The molecule has 0 atom stereocenters. The van der Waals surface area contributed by atoms with Crippen molar-refractivity contribution in [3.8, 4) is 0 Å². The molecule has 2 heterocycles. The Hall–Kier alpha value is -1.18. The maximum Gasteiger partial charge on any atom is 0.243 e. The largest absolute Gasteiger partial charge is 0.313 e. The van der Waals surface area contributed by atoms with Crippen LogP contribution in [0.15, 0.2) is 28.9 Å². The third kappa shape index (κ3) is 3.39. The van der Waals surface area contributed by atoms with Crippen molar-refractivity contribution < 1.29 is 8.42 Å². The maximum absolute atomic E-state index is 11.7. The highest BCUT2D eigenvalue weighted by Crippen LogP contribution is 2.09. The summed E-state index contributed by atoms with van der Waals surface area (Å²) in [5, 5.41) is 9.33. The molecule has 1 aromatic rings. The Morgan fingerprint density at radius 3 is 3.00 bits per heavy atom. The van der Waals surface area contributed by atoms with E-state index in [9.17, 15) is 8.42 Å². The Morgan fingerprint density at radius 1 is 1.47 bits per heavy atom. The lowest BCUT2D eigenvalue weighted by molar-refractivity contribution is 0.580. The number of aromatic amines is 1. The van der Waals surface area contributed by atoms with Crippen LogP contribution in [-0.2, 0) is 10.0 Å². The zero-order chi connectivity index (χ0) is 12.1. The number of H-pyrrole nitrogens is 1. The van der Waals surface area contributed by atoms with Gasteiger partial charge in [-0.05, 0) is 19.4 Å². The number of nitrogens with zero attached hydrogens (tertiary/aromatic N) is 1. The summed E-state index contributed by atoms with van der Waals surface area (Å²) in [7, 11) is -3.40. The smallest absolute Gasteiger partial charge is 0.243 e. The second-order valence-corrected chi connectivity index (χ2v) is 5.67. The first-order valence-electron chi connectivity index (χ1n) is 5.55. The van der Waals surface area contributed by atoms with E-state index in [1.54, 1.807) is 0 Å². The third-order valence-electron chi connectivity index (χ3n) is 2.68. The van der Waals surface area contributed by atoms with Crippen molar-refractivity contribution in [3.63, 3.8) is 0 Å². The van der Waals surface area contributed by atoms with Gasteiger partial charge in [0.15, 0.2) is 0 Å². The molecule has 1 aliphatic heterocycles. The van der Waals surface area contributed by atoms with Gasteiger partial charge in [0, 0.05) is 19.3 Å². The molecule has 0 fully saturated rings. The highest BCUT2D eigenvalue weighted by Gasteiger charge is 2.14. The van der Waals surface area contributed by atoms with Crippen LogP contribution in [0.25, 0.3) is 0 Å². The molecule has 0 spiro atoms. The molecule has 0 aromatic carbocycles. The fourth-order valence-electron chi connectivity index (χ4n) is 1.71. The first-order valence-corrected chi connectivity index (χ1v) is 7.04. The fourth-order valence-corrected chi connectivity index (χ4v) is 2.65. The lowest BCUT2D eigenvalue weighted by atomic mass is 10.1. The SMILES string of the molecule is O=S(=O)(NCCC1=CCNCC1)c1cn[nH]c1. The fraction of sp³-hybridized carbons (Fsp3) is 0.500. The summed E-state index contributed by atoms with van der Waals surface area (Å²) in [5.41, 5.74) is 1.30. The van der Waals surface area contributed by atoms with Crippen LogP contribution < -0.4 is 10.0 Å². The molecule has 1 aliphatic rings. The Kier molecular flexibility index (Phi) is 3.93. The highest BCUT2D eigenvalue weighted by atomic mass is 32.2. The number of hydrogen-bond acceptors (Lipinski definition) is 4. The molecule has 0 radical (unpaired) electrons. The minimum atomic E-state index is -3.40. The highest BCUT2D eigenvalue weighted by molar-refractivity contribution is 7.89. The van der Waals surface area contributed by atoms with Crippen molar-refractivity contribution in [2.24, 2.45) is 0 Å². The van der Waals surface area contributed by atoms with Crippen LogP contribution in [0.3, 0.4) is 0 Å². The quantitative estimate of drug-likeness (QED) is 0.647. The zero-order valence-corrected chi connectivity index (χ0v) is 10.3. The second kappa shape index (κ2) is 5.44. The van der Waals surface area contributed by atoms with Crippen LogP contribution in [0, 0.1) is 0 Å². The summed E-state index contributed by atoms with van der Waals surface area (Å²) in [5.74, 6) is 0. The molecule has 0 saturated heterocycles. The average molecular weight is 256 g/mol. The molecule has 0 saturated carbocycles. The van der Waals surface area contributed by atoms with E-state index in [0.29, 0.717) is 6.54 Å². The van der Waals surface area contributed by atoms with E-state index in [4.69, 9.17) is 0 Å². The number of rotatable bonds is 5. The topological polar surface area (TPSA) is 86.9 Å². The van der Waals surface area contributed by atoms with Crippen molar-refractivity contribution in [1.29, 1.82) is 0 Å². The van der Waals surface area contributed by atoms with Crippen molar-refractivity contribution in [1.82, 2.24) is 20.2 Å². The predicted molar refractivity (Wildman–Crippen MR) is 64.0 cm³/mol. The van der Waals surface area contributed by atoms with Crippen LogP contribution >= 0.6 is 0 Å². The summed E-state index contributed by atoms with van der Waals surface area (Å²) >= 11 is 0. The van der Waals surface area contributed by atoms with Crippen molar-refractivity contribution in [3.05, 3.63) is 24.0 Å². The Bertz CT molecular complexity index is 478. The molecular formula is C10H16N4O2S. The second-order valence-electron chi connectivity index (χ2n) is 3.90. The summed E-state index contributed by atoms with van der Waals surface area (Å²) in [4.78, 5) is 0.178. The van der Waals surface area contributed by atoms with Gasteiger partial charge in [0.1, 0.15) is 4.90 Å². The Morgan fingerprint density at radius 2 is 2.35 bits per heavy atom. The first-order chi connectivity index (χ1) is 8.18. The van der Waals surface area contributed by atoms with Gasteiger partial charge < -0.3 is 5.32 Å². The van der Waals surface area contributed by atoms with E-state index in [2.05, 4.69) is 26.3 Å². The first kappa shape index (κ1) is 12.3. The number of hydrogen-bond donors (Lipinski definition) is 3. The van der Waals surface area contributed by atoms with E-state index < -0.39 is 10.0 Å². The lowest BCUT2D eigenvalue weighted by Crippen LogP contribution is -2.26. The number of nitrogens with one attached hydrogen (secondary N) is 3. The molecule has 6 nitrogen and oxygen atoms in total. The van der Waals surface area contributed by atoms with E-state index >= 15 is 0 Å². The maximum atomic E-state index is 11.7. The molecule has 2 rings (SSSR count). The number of aromatic nitrogens is 2. The number of sulfonamides is 1. The minimum Gasteiger partial charge on any atom is -0.313 e. The van der Waals surface area contributed by atoms with Gasteiger partial charge in [0.05, 0.1) is 6.20 Å². The van der Waals surface area contributed by atoms with Gasteiger partial charge in [-0.2, -0.15) is 5.10 Å². The predicted octanol–water partition coefficient (Wildman–Crippen LogP) is -0.00220. The van der Waals surface area contributed by atoms with Gasteiger partial charge >= 0.3 is 0 Å². The van der Waals surface area contributed by atoms with Gasteiger partial charge in [-0.3, -0.25) is 5.10 Å². The molecule has 0 aliphatic carbocycles. The molecule has 0 amide bonds. The monoisotopic (exact) mass is 256 g/mol. The van der Waals surface area contributed by atoms with Crippen LogP contribution in [0.5, 0.6) is 0 Å². The van der Waals surface area contributed by atoms with Crippen molar-refractivity contribution in [2.75, 3.05) is 19.6 Å². The van der Waals surface area contributed by atoms with Gasteiger partial charge in [0.25, 0.3) is 0 Å². The van der Waals surface area contributed by atoms with Crippen LogP contribution in [-0.4, -0.2) is 38.2 Å². The molecule has 94 valence electrons. The summed E-state index contributed by atoms with van der Waals surface area (Å²) in [6.45, 7) is 2.28. The summed E-state index contributed by atoms with van der Waals surface area (Å²) in [6.07, 6.45) is 6.54. The molecule has 3 N–H and O–H groups in total. The van der Waals surface area contributed by atoms with E-state index in [1.165, 1.54) is 18.0 Å². The average Bonchev–Trinajstić information content (AvgIpc) is 2.84. The van der Waals surface area contributed by atoms with Crippen molar-refractivity contribution in [2.45, 2.75) is 17.7 Å². The van der Waals surface area contributed by atoms with E-state index in [1.807, 2.05) is 0 Å². The normalized spacial score (nSPS) is 16.8. The van der Waals surface area contributed by atoms with Gasteiger partial charge in [0.2, 0.25) is 10.0 Å². The standard InChI is InChI=1S/C10H16N4O2S/c15-17(16,10-7-12-13-8-10)14-6-3-9-1-4-11-5-2-9/h1,7-8,11,14H,2-6H2,(H,12,13). The molecule has 1 aromatic heterocycles. The van der Waals surface area contributed by atoms with Crippen molar-refractivity contribution >= 4 is 10.0 Å². The third-order valence-corrected chi connectivity index (χ3v) is 4.11. The molecule has 0 unspecified atom stereocenters. The van der Waals surface area contributed by atoms with Crippen LogP contribution in [0.1, 0.15) is 12.8 Å². The van der Waals surface area contributed by atoms with Crippen LogP contribution in [0.4, 0.5) is 0 Å². The molecule has 7 heteroatoms. The van der Waals surface area contributed by atoms with Gasteiger partial charge in [-0.15, -0.1) is 0 Å². The van der Waals surface area contributed by atoms with E-state index in [0.717, 1.165) is 25.9 Å². The molecule has 0 bridgehead atoms. The van der Waals surface area contributed by atoms with Crippen LogP contribution in [0.2, 0.25) is 0 Å². The molecular weight excluding hydrogens is 240 g/mol.